The SMILES string of the molecule is Cc1nc2c(F)cccc2c2oc(=S)[nH]c12. The number of benzene rings is 1. The highest BCUT2D eigenvalue weighted by Crippen LogP contribution is 2.26. The van der Waals surface area contributed by atoms with Crippen LogP contribution in [0, 0.1) is 17.6 Å². The second kappa shape index (κ2) is 3.12. The summed E-state index contributed by atoms with van der Waals surface area (Å²) in [5.41, 5.74) is 2.27. The van der Waals surface area contributed by atoms with Crippen molar-refractivity contribution in [2.75, 3.05) is 0 Å². The molecule has 0 bridgehead atoms. The van der Waals surface area contributed by atoms with Gasteiger partial charge in [-0.3, -0.25) is 0 Å². The summed E-state index contributed by atoms with van der Waals surface area (Å²) in [7, 11) is 0. The zero-order chi connectivity index (χ0) is 11.3. The van der Waals surface area contributed by atoms with E-state index < -0.39 is 0 Å². The van der Waals surface area contributed by atoms with Crippen LogP contribution in [0.4, 0.5) is 4.39 Å². The van der Waals surface area contributed by atoms with Crippen molar-refractivity contribution in [1.29, 1.82) is 0 Å². The minimum Gasteiger partial charge on any atom is -0.429 e. The fourth-order valence-corrected chi connectivity index (χ4v) is 1.99. The van der Waals surface area contributed by atoms with Gasteiger partial charge in [-0.15, -0.1) is 0 Å². The van der Waals surface area contributed by atoms with E-state index in [2.05, 4.69) is 9.97 Å². The lowest BCUT2D eigenvalue weighted by atomic mass is 10.1. The Morgan fingerprint density at radius 3 is 3.06 bits per heavy atom. The zero-order valence-corrected chi connectivity index (χ0v) is 9.19. The van der Waals surface area contributed by atoms with Crippen LogP contribution < -0.4 is 0 Å². The number of aromatic nitrogens is 2. The number of pyridine rings is 1. The van der Waals surface area contributed by atoms with Crippen molar-refractivity contribution in [2.24, 2.45) is 0 Å². The van der Waals surface area contributed by atoms with Gasteiger partial charge in [0.2, 0.25) is 0 Å². The number of halogens is 1. The molecule has 3 rings (SSSR count). The summed E-state index contributed by atoms with van der Waals surface area (Å²) in [6.45, 7) is 1.79. The summed E-state index contributed by atoms with van der Waals surface area (Å²) in [6.07, 6.45) is 0. The standard InChI is InChI=1S/C11H7FN2OS/c1-5-8-10(15-11(16)14-8)6-3-2-4-7(12)9(6)13-5/h2-4H,1H3,(H,14,16). The molecule has 0 amide bonds. The molecule has 0 atom stereocenters. The van der Waals surface area contributed by atoms with Crippen LogP contribution in [0.1, 0.15) is 5.69 Å². The maximum absolute atomic E-state index is 13.6. The predicted octanol–water partition coefficient (Wildman–Crippen LogP) is 3.49. The quantitative estimate of drug-likeness (QED) is 0.605. The Kier molecular flexibility index (Phi) is 1.85. The number of para-hydroxylation sites is 1. The number of hydrogen-bond donors (Lipinski definition) is 1. The van der Waals surface area contributed by atoms with Crippen molar-refractivity contribution < 1.29 is 8.81 Å². The van der Waals surface area contributed by atoms with E-state index in [1.54, 1.807) is 19.1 Å². The number of oxazole rings is 1. The summed E-state index contributed by atoms with van der Waals surface area (Å²) >= 11 is 4.92. The number of hydrogen-bond acceptors (Lipinski definition) is 3. The third-order valence-electron chi connectivity index (χ3n) is 2.52. The average molecular weight is 234 g/mol. The number of fused-ring (bicyclic) bond motifs is 3. The molecule has 0 aliphatic heterocycles. The fourth-order valence-electron chi connectivity index (χ4n) is 1.81. The number of nitrogens with zero attached hydrogens (tertiary/aromatic N) is 1. The van der Waals surface area contributed by atoms with Crippen LogP contribution in [0.25, 0.3) is 22.0 Å². The fraction of sp³-hybridized carbons (Fsp3) is 0.0909. The van der Waals surface area contributed by atoms with Crippen molar-refractivity contribution >= 4 is 34.2 Å². The molecule has 0 fully saturated rings. The number of H-pyrrole nitrogens is 1. The topological polar surface area (TPSA) is 41.8 Å². The Morgan fingerprint density at radius 2 is 2.25 bits per heavy atom. The van der Waals surface area contributed by atoms with E-state index in [0.29, 0.717) is 22.2 Å². The molecule has 0 aliphatic carbocycles. The van der Waals surface area contributed by atoms with Crippen LogP contribution in [-0.2, 0) is 0 Å². The Balaban J connectivity index is 2.68. The second-order valence-electron chi connectivity index (χ2n) is 3.55. The molecule has 0 saturated carbocycles. The van der Waals surface area contributed by atoms with E-state index in [4.69, 9.17) is 16.6 Å². The molecule has 5 heteroatoms. The van der Waals surface area contributed by atoms with Gasteiger partial charge < -0.3 is 9.40 Å². The lowest BCUT2D eigenvalue weighted by molar-refractivity contribution is 0.585. The Morgan fingerprint density at radius 1 is 1.44 bits per heavy atom. The highest BCUT2D eigenvalue weighted by Gasteiger charge is 2.11. The van der Waals surface area contributed by atoms with E-state index in [1.807, 2.05) is 0 Å². The maximum Gasteiger partial charge on any atom is 0.266 e. The first-order valence-corrected chi connectivity index (χ1v) is 5.15. The molecular formula is C11H7FN2OS. The van der Waals surface area contributed by atoms with E-state index in [0.717, 1.165) is 5.52 Å². The third-order valence-corrected chi connectivity index (χ3v) is 2.71. The van der Waals surface area contributed by atoms with Gasteiger partial charge >= 0.3 is 0 Å². The van der Waals surface area contributed by atoms with Crippen molar-refractivity contribution in [3.63, 3.8) is 0 Å². The third kappa shape index (κ3) is 1.18. The molecule has 0 radical (unpaired) electrons. The van der Waals surface area contributed by atoms with Crippen molar-refractivity contribution in [1.82, 2.24) is 9.97 Å². The molecule has 0 spiro atoms. The van der Waals surface area contributed by atoms with Gasteiger partial charge in [-0.1, -0.05) is 6.07 Å². The largest absolute Gasteiger partial charge is 0.429 e. The molecule has 3 aromatic rings. The van der Waals surface area contributed by atoms with Crippen molar-refractivity contribution in [2.45, 2.75) is 6.92 Å². The lowest BCUT2D eigenvalue weighted by Gasteiger charge is -2.01. The predicted molar refractivity (Wildman–Crippen MR) is 61.4 cm³/mol. The van der Waals surface area contributed by atoms with Gasteiger partial charge in [-0.2, -0.15) is 0 Å². The van der Waals surface area contributed by atoms with Crippen LogP contribution in [0.3, 0.4) is 0 Å². The zero-order valence-electron chi connectivity index (χ0n) is 8.37. The van der Waals surface area contributed by atoms with Crippen molar-refractivity contribution in [3.8, 4) is 0 Å². The summed E-state index contributed by atoms with van der Waals surface area (Å²) in [6, 6.07) is 4.76. The first-order valence-electron chi connectivity index (χ1n) is 4.74. The van der Waals surface area contributed by atoms with Crippen LogP contribution >= 0.6 is 12.2 Å². The minimum absolute atomic E-state index is 0.275. The van der Waals surface area contributed by atoms with Gasteiger partial charge in [0.1, 0.15) is 16.9 Å². The molecule has 16 heavy (non-hydrogen) atoms. The second-order valence-corrected chi connectivity index (χ2v) is 3.92. The molecule has 2 heterocycles. The van der Waals surface area contributed by atoms with E-state index in [1.165, 1.54) is 6.07 Å². The first kappa shape index (κ1) is 9.47. The summed E-state index contributed by atoms with van der Waals surface area (Å²) in [4.78, 5) is 7.38. The van der Waals surface area contributed by atoms with Crippen molar-refractivity contribution in [3.05, 3.63) is 34.5 Å². The summed E-state index contributed by atoms with van der Waals surface area (Å²) in [5, 5.41) is 0.632. The molecular weight excluding hydrogens is 227 g/mol. The molecule has 2 aromatic heterocycles. The number of aromatic amines is 1. The normalized spacial score (nSPS) is 11.4. The Labute approximate surface area is 94.9 Å². The molecule has 0 saturated heterocycles. The smallest absolute Gasteiger partial charge is 0.266 e. The molecule has 1 aromatic carbocycles. The van der Waals surface area contributed by atoms with Gasteiger partial charge in [0.05, 0.1) is 5.69 Å². The summed E-state index contributed by atoms with van der Waals surface area (Å²) in [5.74, 6) is -0.357. The van der Waals surface area contributed by atoms with E-state index in [-0.39, 0.29) is 10.7 Å². The van der Waals surface area contributed by atoms with Gasteiger partial charge in [-0.05, 0) is 31.3 Å². The first-order chi connectivity index (χ1) is 7.66. The van der Waals surface area contributed by atoms with Crippen LogP contribution in [0.2, 0.25) is 0 Å². The lowest BCUT2D eigenvalue weighted by Crippen LogP contribution is -1.89. The highest BCUT2D eigenvalue weighted by atomic mass is 32.1. The van der Waals surface area contributed by atoms with E-state index >= 15 is 0 Å². The van der Waals surface area contributed by atoms with Crippen LogP contribution in [-0.4, -0.2) is 9.97 Å². The minimum atomic E-state index is -0.357. The van der Waals surface area contributed by atoms with E-state index in [9.17, 15) is 4.39 Å². The molecule has 3 nitrogen and oxygen atoms in total. The van der Waals surface area contributed by atoms with Gasteiger partial charge in [0, 0.05) is 5.39 Å². The van der Waals surface area contributed by atoms with Crippen LogP contribution in [0.15, 0.2) is 22.6 Å². The molecule has 1 N–H and O–H groups in total. The number of aryl methyl sites for hydroxylation is 1. The van der Waals surface area contributed by atoms with Crippen LogP contribution in [0.5, 0.6) is 0 Å². The maximum atomic E-state index is 13.6. The average Bonchev–Trinajstić information content (AvgIpc) is 2.63. The molecule has 0 aliphatic rings. The molecule has 0 unspecified atom stereocenters. The number of nitrogens with one attached hydrogen (secondary N) is 1. The van der Waals surface area contributed by atoms with Gasteiger partial charge in [0.25, 0.3) is 4.84 Å². The molecule has 80 valence electrons. The number of rotatable bonds is 0. The highest BCUT2D eigenvalue weighted by molar-refractivity contribution is 7.71. The van der Waals surface area contributed by atoms with Gasteiger partial charge in [0.15, 0.2) is 5.58 Å². The Hall–Kier alpha value is -1.75. The summed E-state index contributed by atoms with van der Waals surface area (Å²) < 4.78 is 18.9. The Bertz CT molecular complexity index is 760. The monoisotopic (exact) mass is 234 g/mol. The van der Waals surface area contributed by atoms with Gasteiger partial charge in [-0.25, -0.2) is 9.37 Å².